The summed E-state index contributed by atoms with van der Waals surface area (Å²) in [6.45, 7) is 7.75. The molecule has 1 heterocycles. The minimum atomic E-state index is -0.457. The standard InChI is InChI=1S/C22H27N3O3/c1-15(26)24-20-12-11-18(25(27)28)13-19(20)22(4,14-21(24,2)3)16-7-9-17(10-8-16)23(5)6/h7-13H,14H2,1-6H3. The largest absolute Gasteiger partial charge is 0.378 e. The van der Waals surface area contributed by atoms with E-state index in [-0.39, 0.29) is 16.5 Å². The second-order valence-corrected chi connectivity index (χ2v) is 8.58. The Labute approximate surface area is 165 Å². The third-order valence-corrected chi connectivity index (χ3v) is 5.75. The molecular weight excluding hydrogens is 354 g/mol. The molecule has 0 aromatic heterocycles. The van der Waals surface area contributed by atoms with Crippen LogP contribution >= 0.6 is 0 Å². The van der Waals surface area contributed by atoms with Gasteiger partial charge in [-0.3, -0.25) is 14.9 Å². The number of amides is 1. The first-order chi connectivity index (χ1) is 13.0. The second kappa shape index (κ2) is 6.62. The average molecular weight is 381 g/mol. The van der Waals surface area contributed by atoms with Gasteiger partial charge in [0.2, 0.25) is 5.91 Å². The van der Waals surface area contributed by atoms with E-state index in [4.69, 9.17) is 0 Å². The van der Waals surface area contributed by atoms with E-state index in [2.05, 4.69) is 31.2 Å². The molecule has 0 aliphatic carbocycles. The number of rotatable bonds is 3. The molecule has 1 unspecified atom stereocenters. The summed E-state index contributed by atoms with van der Waals surface area (Å²) in [5.41, 5.74) is 2.88. The molecule has 3 rings (SSSR count). The first kappa shape index (κ1) is 19.9. The molecule has 1 aliphatic heterocycles. The quantitative estimate of drug-likeness (QED) is 0.580. The topological polar surface area (TPSA) is 66.7 Å². The summed E-state index contributed by atoms with van der Waals surface area (Å²) in [6.07, 6.45) is 0.662. The fraction of sp³-hybridized carbons (Fsp3) is 0.409. The van der Waals surface area contributed by atoms with Crippen LogP contribution in [0.2, 0.25) is 0 Å². The summed E-state index contributed by atoms with van der Waals surface area (Å²) >= 11 is 0. The molecule has 6 heteroatoms. The maximum absolute atomic E-state index is 12.4. The van der Waals surface area contributed by atoms with Gasteiger partial charge in [-0.25, -0.2) is 0 Å². The lowest BCUT2D eigenvalue weighted by atomic mass is 9.65. The molecule has 0 radical (unpaired) electrons. The van der Waals surface area contributed by atoms with Crippen molar-refractivity contribution in [3.63, 3.8) is 0 Å². The zero-order valence-electron chi connectivity index (χ0n) is 17.3. The Bertz CT molecular complexity index is 935. The summed E-state index contributed by atoms with van der Waals surface area (Å²) in [4.78, 5) is 27.3. The van der Waals surface area contributed by atoms with Crippen molar-refractivity contribution >= 4 is 23.0 Å². The summed E-state index contributed by atoms with van der Waals surface area (Å²) in [5.74, 6) is -0.0647. The second-order valence-electron chi connectivity index (χ2n) is 8.58. The van der Waals surface area contributed by atoms with Crippen LogP contribution in [0.15, 0.2) is 42.5 Å². The summed E-state index contributed by atoms with van der Waals surface area (Å²) in [7, 11) is 3.98. The van der Waals surface area contributed by atoms with Gasteiger partial charge in [0.15, 0.2) is 0 Å². The Kier molecular flexibility index (Phi) is 4.69. The molecule has 0 saturated carbocycles. The molecule has 148 valence electrons. The Morgan fingerprint density at radius 2 is 1.71 bits per heavy atom. The molecule has 1 aliphatic rings. The zero-order valence-corrected chi connectivity index (χ0v) is 17.3. The number of nitrogens with zero attached hydrogens (tertiary/aromatic N) is 3. The van der Waals surface area contributed by atoms with Crippen LogP contribution < -0.4 is 9.80 Å². The maximum atomic E-state index is 12.4. The Morgan fingerprint density at radius 3 is 2.21 bits per heavy atom. The number of fused-ring (bicyclic) bond motifs is 1. The SMILES string of the molecule is CC(=O)N1c2ccc([N+](=O)[O-])cc2C(C)(c2ccc(N(C)C)cc2)CC1(C)C. The van der Waals surface area contributed by atoms with E-state index in [0.29, 0.717) is 6.42 Å². The minimum absolute atomic E-state index is 0.0399. The smallest absolute Gasteiger partial charge is 0.269 e. The average Bonchev–Trinajstić information content (AvgIpc) is 2.60. The lowest BCUT2D eigenvalue weighted by molar-refractivity contribution is -0.385. The summed E-state index contributed by atoms with van der Waals surface area (Å²) in [5, 5.41) is 11.4. The first-order valence-corrected chi connectivity index (χ1v) is 9.35. The van der Waals surface area contributed by atoms with Gasteiger partial charge in [0.1, 0.15) is 0 Å². The van der Waals surface area contributed by atoms with Crippen molar-refractivity contribution < 1.29 is 9.72 Å². The van der Waals surface area contributed by atoms with Gasteiger partial charge in [-0.1, -0.05) is 19.1 Å². The van der Waals surface area contributed by atoms with Gasteiger partial charge >= 0.3 is 0 Å². The van der Waals surface area contributed by atoms with Crippen molar-refractivity contribution in [2.24, 2.45) is 0 Å². The highest BCUT2D eigenvalue weighted by Crippen LogP contribution is 2.51. The van der Waals surface area contributed by atoms with E-state index in [1.807, 2.05) is 32.8 Å². The maximum Gasteiger partial charge on any atom is 0.269 e. The van der Waals surface area contributed by atoms with Gasteiger partial charge < -0.3 is 9.80 Å². The number of non-ortho nitro benzene ring substituents is 1. The van der Waals surface area contributed by atoms with Crippen molar-refractivity contribution in [1.82, 2.24) is 0 Å². The molecule has 1 atom stereocenters. The molecule has 6 nitrogen and oxygen atoms in total. The summed E-state index contributed by atoms with van der Waals surface area (Å²) in [6, 6.07) is 13.1. The molecular formula is C22H27N3O3. The van der Waals surface area contributed by atoms with Crippen molar-refractivity contribution in [2.45, 2.75) is 45.1 Å². The van der Waals surface area contributed by atoms with Crippen LogP contribution in [-0.4, -0.2) is 30.5 Å². The number of benzene rings is 2. The van der Waals surface area contributed by atoms with E-state index in [1.165, 1.54) is 6.07 Å². The number of hydrogen-bond donors (Lipinski definition) is 0. The summed E-state index contributed by atoms with van der Waals surface area (Å²) < 4.78 is 0. The van der Waals surface area contributed by atoms with E-state index in [0.717, 1.165) is 22.5 Å². The van der Waals surface area contributed by atoms with Gasteiger partial charge in [-0.2, -0.15) is 0 Å². The molecule has 2 aromatic carbocycles. The lowest BCUT2D eigenvalue weighted by Crippen LogP contribution is -2.55. The normalized spacial score (nSPS) is 20.4. The monoisotopic (exact) mass is 381 g/mol. The van der Waals surface area contributed by atoms with Gasteiger partial charge in [-0.15, -0.1) is 0 Å². The highest BCUT2D eigenvalue weighted by Gasteiger charge is 2.47. The lowest BCUT2D eigenvalue weighted by Gasteiger charge is -2.51. The molecule has 28 heavy (non-hydrogen) atoms. The van der Waals surface area contributed by atoms with Crippen LogP contribution in [0.3, 0.4) is 0 Å². The van der Waals surface area contributed by atoms with Crippen LogP contribution in [0.25, 0.3) is 0 Å². The molecule has 0 fully saturated rings. The molecule has 0 spiro atoms. The first-order valence-electron chi connectivity index (χ1n) is 9.35. The van der Waals surface area contributed by atoms with Gasteiger partial charge in [0, 0.05) is 55.5 Å². The fourth-order valence-corrected chi connectivity index (χ4v) is 4.62. The van der Waals surface area contributed by atoms with Crippen LogP contribution in [0.4, 0.5) is 17.1 Å². The van der Waals surface area contributed by atoms with Gasteiger partial charge in [0.05, 0.1) is 4.92 Å². The fourth-order valence-electron chi connectivity index (χ4n) is 4.62. The zero-order chi connectivity index (χ0) is 20.9. The van der Waals surface area contributed by atoms with E-state index in [9.17, 15) is 14.9 Å². The predicted molar refractivity (Wildman–Crippen MR) is 112 cm³/mol. The number of carbonyl (C=O) groups excluding carboxylic acids is 1. The number of anilines is 2. The Morgan fingerprint density at radius 1 is 1.11 bits per heavy atom. The highest BCUT2D eigenvalue weighted by molar-refractivity contribution is 5.95. The molecule has 0 bridgehead atoms. The van der Waals surface area contributed by atoms with Crippen molar-refractivity contribution in [3.8, 4) is 0 Å². The van der Waals surface area contributed by atoms with Gasteiger partial charge in [0.25, 0.3) is 5.69 Å². The number of nitro groups is 1. The van der Waals surface area contributed by atoms with Crippen LogP contribution in [-0.2, 0) is 10.2 Å². The molecule has 0 N–H and O–H groups in total. The Hall–Kier alpha value is -2.89. The number of hydrogen-bond acceptors (Lipinski definition) is 4. The third kappa shape index (κ3) is 3.13. The highest BCUT2D eigenvalue weighted by atomic mass is 16.6. The minimum Gasteiger partial charge on any atom is -0.378 e. The van der Waals surface area contributed by atoms with Crippen molar-refractivity contribution in [1.29, 1.82) is 0 Å². The van der Waals surface area contributed by atoms with Crippen molar-refractivity contribution in [3.05, 3.63) is 63.7 Å². The van der Waals surface area contributed by atoms with Crippen LogP contribution in [0.5, 0.6) is 0 Å². The van der Waals surface area contributed by atoms with Crippen LogP contribution in [0.1, 0.15) is 45.2 Å². The number of nitro benzene ring substituents is 1. The van der Waals surface area contributed by atoms with E-state index < -0.39 is 11.0 Å². The number of carbonyl (C=O) groups is 1. The Balaban J connectivity index is 2.26. The third-order valence-electron chi connectivity index (χ3n) is 5.75. The molecule has 0 saturated heterocycles. The van der Waals surface area contributed by atoms with E-state index in [1.54, 1.807) is 24.0 Å². The molecule has 1 amide bonds. The van der Waals surface area contributed by atoms with E-state index >= 15 is 0 Å². The van der Waals surface area contributed by atoms with Gasteiger partial charge in [-0.05, 0) is 49.6 Å². The van der Waals surface area contributed by atoms with Crippen LogP contribution in [0, 0.1) is 10.1 Å². The predicted octanol–water partition coefficient (Wildman–Crippen LogP) is 4.50. The molecule has 2 aromatic rings. The van der Waals surface area contributed by atoms with Crippen molar-refractivity contribution in [2.75, 3.05) is 23.9 Å².